The van der Waals surface area contributed by atoms with Crippen LogP contribution in [0.25, 0.3) is 0 Å². The van der Waals surface area contributed by atoms with Gasteiger partial charge in [0, 0.05) is 18.7 Å². The number of carboxylic acid groups (broad SMARTS) is 1. The molecule has 0 unspecified atom stereocenters. The monoisotopic (exact) mass is 218 g/mol. The highest BCUT2D eigenvalue weighted by Gasteiger charge is 2.02. The molecule has 1 rings (SSSR count). The predicted octanol–water partition coefficient (Wildman–Crippen LogP) is 0.267. The number of nitrogens with zero attached hydrogens (tertiary/aromatic N) is 1. The zero-order valence-electron chi connectivity index (χ0n) is 8.65. The van der Waals surface area contributed by atoms with E-state index in [2.05, 4.69) is 22.1 Å². The third kappa shape index (κ3) is 3.80. The van der Waals surface area contributed by atoms with Crippen LogP contribution in [0.4, 0.5) is 0 Å². The summed E-state index contributed by atoms with van der Waals surface area (Å²) in [4.78, 5) is 24.8. The number of aromatic carboxylic acids is 1. The molecule has 2 N–H and O–H groups in total. The van der Waals surface area contributed by atoms with Crippen LogP contribution in [0.2, 0.25) is 0 Å². The van der Waals surface area contributed by atoms with Crippen LogP contribution < -0.4 is 5.32 Å². The third-order valence-corrected chi connectivity index (χ3v) is 1.64. The van der Waals surface area contributed by atoms with E-state index in [-0.39, 0.29) is 18.1 Å². The van der Waals surface area contributed by atoms with Gasteiger partial charge in [-0.25, -0.2) is 9.78 Å². The minimum Gasteiger partial charge on any atom is -0.477 e. The lowest BCUT2D eigenvalue weighted by Gasteiger charge is -1.94. The van der Waals surface area contributed by atoms with E-state index in [0.717, 1.165) is 0 Å². The Morgan fingerprint density at radius 2 is 2.31 bits per heavy atom. The summed E-state index contributed by atoms with van der Waals surface area (Å²) >= 11 is 0. The van der Waals surface area contributed by atoms with Crippen LogP contribution in [0.5, 0.6) is 0 Å². The highest BCUT2D eigenvalue weighted by atomic mass is 16.4. The molecule has 0 bridgehead atoms. The standard InChI is InChI=1S/C11H10N2O3/c1-8(14)12-5-2-3-9-4-6-13-10(7-9)11(15)16/h4,6-7H,5H2,1H3,(H,12,14)(H,15,16). The van der Waals surface area contributed by atoms with Gasteiger partial charge in [0.15, 0.2) is 0 Å². The molecule has 0 aromatic carbocycles. The Balaban J connectivity index is 2.70. The van der Waals surface area contributed by atoms with Crippen LogP contribution in [0.1, 0.15) is 23.0 Å². The number of amides is 1. The van der Waals surface area contributed by atoms with Crippen molar-refractivity contribution in [2.45, 2.75) is 6.92 Å². The van der Waals surface area contributed by atoms with Gasteiger partial charge in [-0.3, -0.25) is 4.79 Å². The van der Waals surface area contributed by atoms with Gasteiger partial charge in [-0.1, -0.05) is 11.8 Å². The molecular weight excluding hydrogens is 208 g/mol. The van der Waals surface area contributed by atoms with Gasteiger partial charge >= 0.3 is 5.97 Å². The fraction of sp³-hybridized carbons (Fsp3) is 0.182. The Labute approximate surface area is 92.5 Å². The second-order valence-electron chi connectivity index (χ2n) is 2.95. The summed E-state index contributed by atoms with van der Waals surface area (Å²) in [5.74, 6) is 4.17. The number of carboxylic acids is 1. The van der Waals surface area contributed by atoms with Gasteiger partial charge in [0.05, 0.1) is 6.54 Å². The SMILES string of the molecule is CC(=O)NCC#Cc1ccnc(C(=O)O)c1. The molecule has 1 aromatic heterocycles. The molecule has 1 aromatic rings. The van der Waals surface area contributed by atoms with E-state index in [1.807, 2.05) is 0 Å². The molecule has 5 heteroatoms. The quantitative estimate of drug-likeness (QED) is 0.698. The van der Waals surface area contributed by atoms with E-state index in [1.54, 1.807) is 6.07 Å². The van der Waals surface area contributed by atoms with Crippen molar-refractivity contribution in [3.63, 3.8) is 0 Å². The molecule has 0 aliphatic heterocycles. The van der Waals surface area contributed by atoms with Gasteiger partial charge in [0.1, 0.15) is 5.69 Å². The van der Waals surface area contributed by atoms with Gasteiger partial charge in [-0.05, 0) is 12.1 Å². The molecule has 1 amide bonds. The Morgan fingerprint density at radius 3 is 2.94 bits per heavy atom. The number of hydrogen-bond acceptors (Lipinski definition) is 3. The zero-order chi connectivity index (χ0) is 12.0. The van der Waals surface area contributed by atoms with E-state index in [9.17, 15) is 9.59 Å². The molecule has 0 spiro atoms. The average Bonchev–Trinajstić information content (AvgIpc) is 2.24. The predicted molar refractivity (Wildman–Crippen MR) is 56.8 cm³/mol. The first kappa shape index (κ1) is 11.7. The molecule has 0 aliphatic rings. The van der Waals surface area contributed by atoms with E-state index >= 15 is 0 Å². The van der Waals surface area contributed by atoms with Gasteiger partial charge in [-0.2, -0.15) is 0 Å². The minimum atomic E-state index is -1.09. The minimum absolute atomic E-state index is 0.0497. The Bertz CT molecular complexity index is 472. The van der Waals surface area contributed by atoms with E-state index in [4.69, 9.17) is 5.11 Å². The fourth-order valence-corrected chi connectivity index (χ4v) is 0.940. The Kier molecular flexibility index (Phi) is 4.04. The van der Waals surface area contributed by atoms with Crippen molar-refractivity contribution in [2.75, 3.05) is 6.54 Å². The second-order valence-corrected chi connectivity index (χ2v) is 2.95. The van der Waals surface area contributed by atoms with Crippen LogP contribution >= 0.6 is 0 Å². The molecule has 82 valence electrons. The van der Waals surface area contributed by atoms with E-state index < -0.39 is 5.97 Å². The molecule has 0 atom stereocenters. The summed E-state index contributed by atoms with van der Waals surface area (Å²) in [6.07, 6.45) is 1.38. The molecular formula is C11H10N2O3. The lowest BCUT2D eigenvalue weighted by atomic mass is 10.2. The highest BCUT2D eigenvalue weighted by Crippen LogP contribution is 1.99. The van der Waals surface area contributed by atoms with Crippen LogP contribution in [0, 0.1) is 11.8 Å². The number of aromatic nitrogens is 1. The molecule has 0 radical (unpaired) electrons. The largest absolute Gasteiger partial charge is 0.477 e. The summed E-state index contributed by atoms with van der Waals surface area (Å²) in [5, 5.41) is 11.2. The summed E-state index contributed by atoms with van der Waals surface area (Å²) in [6.45, 7) is 1.64. The molecule has 5 nitrogen and oxygen atoms in total. The maximum atomic E-state index is 10.6. The number of carbonyl (C=O) groups excluding carboxylic acids is 1. The first-order valence-corrected chi connectivity index (χ1v) is 4.52. The van der Waals surface area contributed by atoms with Gasteiger partial charge < -0.3 is 10.4 Å². The van der Waals surface area contributed by atoms with Crippen molar-refractivity contribution in [3.8, 4) is 11.8 Å². The van der Waals surface area contributed by atoms with Crippen LogP contribution in [-0.2, 0) is 4.79 Å². The van der Waals surface area contributed by atoms with Gasteiger partial charge in [0.2, 0.25) is 5.91 Å². The lowest BCUT2D eigenvalue weighted by molar-refractivity contribution is -0.118. The highest BCUT2D eigenvalue weighted by molar-refractivity contribution is 5.85. The van der Waals surface area contributed by atoms with Gasteiger partial charge in [-0.15, -0.1) is 0 Å². The lowest BCUT2D eigenvalue weighted by Crippen LogP contribution is -2.19. The van der Waals surface area contributed by atoms with Crippen molar-refractivity contribution >= 4 is 11.9 Å². The van der Waals surface area contributed by atoms with E-state index in [0.29, 0.717) is 5.56 Å². The maximum absolute atomic E-state index is 10.6. The van der Waals surface area contributed by atoms with Crippen LogP contribution in [-0.4, -0.2) is 28.5 Å². The first-order chi connectivity index (χ1) is 7.59. The van der Waals surface area contributed by atoms with Crippen molar-refractivity contribution in [3.05, 3.63) is 29.6 Å². The van der Waals surface area contributed by atoms with Crippen molar-refractivity contribution < 1.29 is 14.7 Å². The molecule has 0 saturated heterocycles. The zero-order valence-corrected chi connectivity index (χ0v) is 8.65. The fourth-order valence-electron chi connectivity index (χ4n) is 0.940. The summed E-state index contributed by atoms with van der Waals surface area (Å²) in [7, 11) is 0. The number of nitrogens with one attached hydrogen (secondary N) is 1. The Hall–Kier alpha value is -2.35. The number of carbonyl (C=O) groups is 2. The smallest absolute Gasteiger partial charge is 0.354 e. The third-order valence-electron chi connectivity index (χ3n) is 1.64. The van der Waals surface area contributed by atoms with E-state index in [1.165, 1.54) is 19.2 Å². The van der Waals surface area contributed by atoms with Crippen molar-refractivity contribution in [2.24, 2.45) is 0 Å². The van der Waals surface area contributed by atoms with Crippen LogP contribution in [0.15, 0.2) is 18.3 Å². The maximum Gasteiger partial charge on any atom is 0.354 e. The number of pyridine rings is 1. The molecule has 1 heterocycles. The van der Waals surface area contributed by atoms with Gasteiger partial charge in [0.25, 0.3) is 0 Å². The topological polar surface area (TPSA) is 79.3 Å². The van der Waals surface area contributed by atoms with Crippen molar-refractivity contribution in [1.82, 2.24) is 10.3 Å². The number of hydrogen-bond donors (Lipinski definition) is 2. The molecule has 16 heavy (non-hydrogen) atoms. The van der Waals surface area contributed by atoms with Crippen LogP contribution in [0.3, 0.4) is 0 Å². The molecule has 0 aliphatic carbocycles. The summed E-state index contributed by atoms with van der Waals surface area (Å²) in [6, 6.07) is 2.98. The molecule has 0 fully saturated rings. The normalized spacial score (nSPS) is 8.81. The first-order valence-electron chi connectivity index (χ1n) is 4.52. The summed E-state index contributed by atoms with van der Waals surface area (Å²) in [5.41, 5.74) is 0.504. The van der Waals surface area contributed by atoms with Crippen molar-refractivity contribution in [1.29, 1.82) is 0 Å². The molecule has 0 saturated carbocycles. The Morgan fingerprint density at radius 1 is 1.56 bits per heavy atom. The number of rotatable bonds is 2. The summed E-state index contributed by atoms with van der Waals surface area (Å²) < 4.78 is 0. The average molecular weight is 218 g/mol. The second kappa shape index (κ2) is 5.51.